The number of amides is 1. The van der Waals surface area contributed by atoms with Gasteiger partial charge in [0.1, 0.15) is 5.82 Å². The van der Waals surface area contributed by atoms with E-state index in [1.807, 2.05) is 0 Å². The van der Waals surface area contributed by atoms with Crippen LogP contribution in [-0.4, -0.2) is 41.1 Å². The molecule has 1 fully saturated rings. The number of hydrogen-bond acceptors (Lipinski definition) is 4. The van der Waals surface area contributed by atoms with E-state index in [9.17, 15) is 9.18 Å². The number of aromatic nitrogens is 1. The van der Waals surface area contributed by atoms with Crippen molar-refractivity contribution in [3.63, 3.8) is 0 Å². The monoisotopic (exact) mass is 317 g/mol. The molecule has 122 valence electrons. The summed E-state index contributed by atoms with van der Waals surface area (Å²) >= 11 is 0. The third-order valence-corrected chi connectivity index (χ3v) is 4.17. The molecule has 1 saturated heterocycles. The van der Waals surface area contributed by atoms with Crippen LogP contribution in [0.5, 0.6) is 0 Å². The number of benzene rings is 1. The second-order valence-corrected chi connectivity index (χ2v) is 6.10. The van der Waals surface area contributed by atoms with Gasteiger partial charge in [0, 0.05) is 31.2 Å². The molecule has 1 amide bonds. The van der Waals surface area contributed by atoms with E-state index in [1.54, 1.807) is 18.2 Å². The van der Waals surface area contributed by atoms with E-state index in [0.717, 1.165) is 19.5 Å². The van der Waals surface area contributed by atoms with Gasteiger partial charge in [0.2, 0.25) is 0 Å². The van der Waals surface area contributed by atoms with Crippen LogP contribution in [0, 0.1) is 5.82 Å². The Kier molecular flexibility index (Phi) is 4.43. The molecular formula is C17H20FN3O2. The molecule has 0 bridgehead atoms. The van der Waals surface area contributed by atoms with Gasteiger partial charge in [-0.25, -0.2) is 4.39 Å². The van der Waals surface area contributed by atoms with Gasteiger partial charge < -0.3 is 9.84 Å². The van der Waals surface area contributed by atoms with Crippen LogP contribution in [0.2, 0.25) is 0 Å². The lowest BCUT2D eigenvalue weighted by Gasteiger charge is -2.20. The molecule has 0 spiro atoms. The number of rotatable bonds is 4. The van der Waals surface area contributed by atoms with E-state index in [-0.39, 0.29) is 23.4 Å². The molecule has 0 radical (unpaired) electrons. The van der Waals surface area contributed by atoms with Gasteiger partial charge in [-0.05, 0) is 32.4 Å². The first-order valence-corrected chi connectivity index (χ1v) is 7.81. The molecule has 0 saturated carbocycles. The summed E-state index contributed by atoms with van der Waals surface area (Å²) in [5.41, 5.74) is 0.470. The molecule has 1 N–H and O–H groups in total. The van der Waals surface area contributed by atoms with Gasteiger partial charge in [0.25, 0.3) is 5.91 Å². The minimum Gasteiger partial charge on any atom is -0.355 e. The van der Waals surface area contributed by atoms with Crippen molar-refractivity contribution in [3.05, 3.63) is 41.8 Å². The van der Waals surface area contributed by atoms with Crippen molar-refractivity contribution in [1.82, 2.24) is 15.4 Å². The minimum atomic E-state index is -0.404. The molecular weight excluding hydrogens is 297 g/mol. The van der Waals surface area contributed by atoms with Crippen LogP contribution in [0.3, 0.4) is 0 Å². The summed E-state index contributed by atoms with van der Waals surface area (Å²) in [5.74, 6) is -0.436. The fourth-order valence-electron chi connectivity index (χ4n) is 2.80. The summed E-state index contributed by atoms with van der Waals surface area (Å²) in [7, 11) is 0. The first-order chi connectivity index (χ1) is 11.0. The first-order valence-electron chi connectivity index (χ1n) is 7.81. The predicted molar refractivity (Wildman–Crippen MR) is 84.5 cm³/mol. The summed E-state index contributed by atoms with van der Waals surface area (Å²) in [6.07, 6.45) is 0.919. The molecule has 1 aliphatic rings. The number of nitrogens with zero attached hydrogens (tertiary/aromatic N) is 2. The van der Waals surface area contributed by atoms with Crippen molar-refractivity contribution < 1.29 is 13.7 Å². The summed E-state index contributed by atoms with van der Waals surface area (Å²) in [6, 6.07) is 8.30. The van der Waals surface area contributed by atoms with E-state index in [0.29, 0.717) is 11.6 Å². The maximum Gasteiger partial charge on any atom is 0.273 e. The number of halogens is 1. The van der Waals surface area contributed by atoms with Gasteiger partial charge in [-0.15, -0.1) is 0 Å². The third-order valence-electron chi connectivity index (χ3n) is 4.17. The van der Waals surface area contributed by atoms with Crippen LogP contribution in [0.25, 0.3) is 11.3 Å². The Bertz CT molecular complexity index is 699. The van der Waals surface area contributed by atoms with Crippen LogP contribution in [0.1, 0.15) is 30.8 Å². The maximum absolute atomic E-state index is 13.7. The SMILES string of the molecule is CC(C)N1CCC(NC(=O)c2cc(-c3ccccc3F)on2)C1. The highest BCUT2D eigenvalue weighted by atomic mass is 19.1. The zero-order valence-electron chi connectivity index (χ0n) is 13.3. The third kappa shape index (κ3) is 3.42. The van der Waals surface area contributed by atoms with E-state index in [4.69, 9.17) is 4.52 Å². The molecule has 5 nitrogen and oxygen atoms in total. The lowest BCUT2D eigenvalue weighted by molar-refractivity contribution is 0.0927. The summed E-state index contributed by atoms with van der Waals surface area (Å²) in [5, 5.41) is 6.73. The smallest absolute Gasteiger partial charge is 0.273 e. The second kappa shape index (κ2) is 6.50. The topological polar surface area (TPSA) is 58.4 Å². The Labute approximate surface area is 134 Å². The van der Waals surface area contributed by atoms with Crippen molar-refractivity contribution in [2.45, 2.75) is 32.4 Å². The molecule has 0 aliphatic carbocycles. The largest absolute Gasteiger partial charge is 0.355 e. The molecule has 1 atom stereocenters. The van der Waals surface area contributed by atoms with Crippen molar-refractivity contribution in [2.75, 3.05) is 13.1 Å². The second-order valence-electron chi connectivity index (χ2n) is 6.10. The van der Waals surface area contributed by atoms with Gasteiger partial charge in [-0.2, -0.15) is 0 Å². The fraction of sp³-hybridized carbons (Fsp3) is 0.412. The zero-order chi connectivity index (χ0) is 16.4. The molecule has 2 aromatic rings. The molecule has 1 aromatic carbocycles. The van der Waals surface area contributed by atoms with Crippen LogP contribution in [0.4, 0.5) is 4.39 Å². The standard InChI is InChI=1S/C17H20FN3O2/c1-11(2)21-8-7-12(10-21)19-17(22)15-9-16(23-20-15)13-5-3-4-6-14(13)18/h3-6,9,11-12H,7-8,10H2,1-2H3,(H,19,22). The molecule has 1 aliphatic heterocycles. The Balaban J connectivity index is 1.67. The summed E-state index contributed by atoms with van der Waals surface area (Å²) in [4.78, 5) is 14.6. The van der Waals surface area contributed by atoms with Crippen LogP contribution in [0.15, 0.2) is 34.9 Å². The average molecular weight is 317 g/mol. The van der Waals surface area contributed by atoms with Gasteiger partial charge in [-0.1, -0.05) is 17.3 Å². The van der Waals surface area contributed by atoms with Gasteiger partial charge >= 0.3 is 0 Å². The molecule has 6 heteroatoms. The first kappa shape index (κ1) is 15.7. The van der Waals surface area contributed by atoms with Gasteiger partial charge in [-0.3, -0.25) is 9.69 Å². The van der Waals surface area contributed by atoms with Crippen LogP contribution >= 0.6 is 0 Å². The Morgan fingerprint density at radius 2 is 2.22 bits per heavy atom. The Morgan fingerprint density at radius 3 is 2.91 bits per heavy atom. The molecule has 3 rings (SSSR count). The number of carbonyl (C=O) groups excluding carboxylic acids is 1. The average Bonchev–Trinajstić information content (AvgIpc) is 3.16. The highest BCUT2D eigenvalue weighted by molar-refractivity contribution is 5.93. The quantitative estimate of drug-likeness (QED) is 0.942. The highest BCUT2D eigenvalue weighted by Gasteiger charge is 2.26. The van der Waals surface area contributed by atoms with Crippen molar-refractivity contribution in [3.8, 4) is 11.3 Å². The predicted octanol–water partition coefficient (Wildman–Crippen LogP) is 2.69. The van der Waals surface area contributed by atoms with E-state index >= 15 is 0 Å². The van der Waals surface area contributed by atoms with Crippen molar-refractivity contribution in [1.29, 1.82) is 0 Å². The normalized spacial score (nSPS) is 18.5. The van der Waals surface area contributed by atoms with E-state index in [1.165, 1.54) is 12.1 Å². The molecule has 1 unspecified atom stereocenters. The van der Waals surface area contributed by atoms with Crippen LogP contribution in [-0.2, 0) is 0 Å². The Morgan fingerprint density at radius 1 is 1.43 bits per heavy atom. The Hall–Kier alpha value is -2.21. The van der Waals surface area contributed by atoms with Crippen molar-refractivity contribution >= 4 is 5.91 Å². The van der Waals surface area contributed by atoms with E-state index in [2.05, 4.69) is 29.2 Å². The fourth-order valence-corrected chi connectivity index (χ4v) is 2.80. The molecule has 23 heavy (non-hydrogen) atoms. The zero-order valence-corrected chi connectivity index (χ0v) is 13.3. The maximum atomic E-state index is 13.7. The number of likely N-dealkylation sites (tertiary alicyclic amines) is 1. The lowest BCUT2D eigenvalue weighted by Crippen LogP contribution is -2.38. The summed E-state index contributed by atoms with van der Waals surface area (Å²) in [6.45, 7) is 6.09. The minimum absolute atomic E-state index is 0.110. The van der Waals surface area contributed by atoms with Crippen molar-refractivity contribution in [2.24, 2.45) is 0 Å². The number of hydrogen-bond donors (Lipinski definition) is 1. The lowest BCUT2D eigenvalue weighted by atomic mass is 10.1. The highest BCUT2D eigenvalue weighted by Crippen LogP contribution is 2.23. The molecule has 1 aromatic heterocycles. The number of nitrogens with one attached hydrogen (secondary N) is 1. The van der Waals surface area contributed by atoms with Crippen LogP contribution < -0.4 is 5.32 Å². The number of carbonyl (C=O) groups is 1. The van der Waals surface area contributed by atoms with Gasteiger partial charge in [0.05, 0.1) is 5.56 Å². The molecule has 2 heterocycles. The summed E-state index contributed by atoms with van der Waals surface area (Å²) < 4.78 is 18.9. The van der Waals surface area contributed by atoms with Gasteiger partial charge in [0.15, 0.2) is 11.5 Å². The van der Waals surface area contributed by atoms with E-state index < -0.39 is 5.82 Å².